The Balaban J connectivity index is 1.20. The summed E-state index contributed by atoms with van der Waals surface area (Å²) in [7, 11) is 0. The first kappa shape index (κ1) is 31.9. The lowest BCUT2D eigenvalue weighted by atomic mass is 9.89. The van der Waals surface area contributed by atoms with Gasteiger partial charge in [-0.15, -0.1) is 0 Å². The number of ether oxygens (including phenoxy) is 2. The van der Waals surface area contributed by atoms with E-state index in [1.807, 2.05) is 110 Å². The fourth-order valence-electron chi connectivity index (χ4n) is 6.24. The van der Waals surface area contributed by atoms with Gasteiger partial charge in [-0.1, -0.05) is 45.0 Å². The van der Waals surface area contributed by atoms with Crippen LogP contribution in [-0.2, 0) is 5.41 Å². The Kier molecular flexibility index (Phi) is 8.03. The molecule has 0 saturated heterocycles. The summed E-state index contributed by atoms with van der Waals surface area (Å²) in [4.78, 5) is 18.9. The maximum absolute atomic E-state index is 6.48. The highest BCUT2D eigenvalue weighted by Crippen LogP contribution is 2.38. The van der Waals surface area contributed by atoms with Gasteiger partial charge in [0.05, 0.1) is 22.4 Å². The molecule has 0 radical (unpaired) electrons. The summed E-state index contributed by atoms with van der Waals surface area (Å²) in [5.41, 5.74) is 8.94. The van der Waals surface area contributed by atoms with Crippen molar-refractivity contribution >= 4 is 21.8 Å². The number of hydrogen-bond donors (Lipinski definition) is 0. The summed E-state index contributed by atoms with van der Waals surface area (Å²) in [6.45, 7) is 10.6. The van der Waals surface area contributed by atoms with Crippen LogP contribution in [0.1, 0.15) is 37.5 Å². The molecule has 8 aromatic rings. The molecule has 4 aromatic heterocycles. The number of aromatic nitrogens is 5. The Morgan fingerprint density at radius 2 is 0.980 bits per heavy atom. The topological polar surface area (TPSA) is 75.0 Å². The lowest BCUT2D eigenvalue weighted by molar-refractivity contribution is 0.483. The fraction of sp³-hybridized carbons (Fsp3) is 0.136. The zero-order chi connectivity index (χ0) is 35.1. The van der Waals surface area contributed by atoms with Crippen LogP contribution < -0.4 is 9.47 Å². The highest BCUT2D eigenvalue weighted by molar-refractivity contribution is 6.09. The van der Waals surface area contributed by atoms with Gasteiger partial charge in [-0.2, -0.15) is 0 Å². The van der Waals surface area contributed by atoms with Crippen molar-refractivity contribution in [3.63, 3.8) is 0 Å². The third-order valence-corrected chi connectivity index (χ3v) is 8.98. The Bertz CT molecular complexity index is 2400. The van der Waals surface area contributed by atoms with Gasteiger partial charge in [0, 0.05) is 58.8 Å². The summed E-state index contributed by atoms with van der Waals surface area (Å²) in [6.07, 6.45) is 7.49. The summed E-state index contributed by atoms with van der Waals surface area (Å²) in [6, 6.07) is 36.5. The normalized spacial score (nSPS) is 11.6. The molecular weight excluding hydrogens is 631 g/mol. The summed E-state index contributed by atoms with van der Waals surface area (Å²) >= 11 is 0. The molecule has 0 spiro atoms. The molecule has 0 aliphatic heterocycles. The predicted octanol–water partition coefficient (Wildman–Crippen LogP) is 11.2. The van der Waals surface area contributed by atoms with Crippen LogP contribution in [-0.4, -0.2) is 24.5 Å². The minimum Gasteiger partial charge on any atom is -0.457 e. The van der Waals surface area contributed by atoms with E-state index in [0.29, 0.717) is 17.4 Å². The lowest BCUT2D eigenvalue weighted by Crippen LogP contribution is -2.13. The van der Waals surface area contributed by atoms with Gasteiger partial charge < -0.3 is 9.47 Å². The first-order chi connectivity index (χ1) is 24.7. The van der Waals surface area contributed by atoms with Crippen LogP contribution in [0.2, 0.25) is 0 Å². The number of fused-ring (bicyclic) bond motifs is 3. The van der Waals surface area contributed by atoms with Crippen LogP contribution >= 0.6 is 0 Å². The van der Waals surface area contributed by atoms with Crippen molar-refractivity contribution in [1.82, 2.24) is 24.5 Å². The smallest absolute Gasteiger partial charge is 0.234 e. The third kappa shape index (κ3) is 6.54. The molecule has 0 fully saturated rings. The SMILES string of the molecule is Cc1ccnc(-c2cccc(Oc3ccc4c5ccc(Oc6cccc(-c7cc(C)ccn7)c6)cc5n(-c5ncc(C(C)(C)C)cn5)c4c3)c2)c1. The van der Waals surface area contributed by atoms with E-state index in [4.69, 9.17) is 19.4 Å². The molecule has 4 aromatic carbocycles. The Hall–Kier alpha value is -6.34. The summed E-state index contributed by atoms with van der Waals surface area (Å²) < 4.78 is 15.0. The lowest BCUT2D eigenvalue weighted by Gasteiger charge is -2.18. The highest BCUT2D eigenvalue weighted by Gasteiger charge is 2.19. The van der Waals surface area contributed by atoms with Gasteiger partial charge in [0.15, 0.2) is 0 Å². The largest absolute Gasteiger partial charge is 0.457 e. The molecule has 0 bridgehead atoms. The molecule has 8 rings (SSSR count). The molecule has 250 valence electrons. The van der Waals surface area contributed by atoms with E-state index < -0.39 is 0 Å². The van der Waals surface area contributed by atoms with E-state index in [9.17, 15) is 0 Å². The van der Waals surface area contributed by atoms with Crippen molar-refractivity contribution in [3.05, 3.63) is 151 Å². The van der Waals surface area contributed by atoms with Crippen LogP contribution in [0, 0.1) is 13.8 Å². The van der Waals surface area contributed by atoms with Crippen LogP contribution in [0.25, 0.3) is 50.3 Å². The molecule has 0 aliphatic carbocycles. The van der Waals surface area contributed by atoms with Crippen molar-refractivity contribution in [3.8, 4) is 51.5 Å². The number of rotatable bonds is 7. The number of benzene rings is 4. The number of hydrogen-bond acceptors (Lipinski definition) is 6. The first-order valence-corrected chi connectivity index (χ1v) is 17.0. The highest BCUT2D eigenvalue weighted by atomic mass is 16.5. The van der Waals surface area contributed by atoms with Gasteiger partial charge >= 0.3 is 0 Å². The number of pyridine rings is 2. The maximum atomic E-state index is 6.48. The first-order valence-electron chi connectivity index (χ1n) is 17.0. The molecule has 4 heterocycles. The average Bonchev–Trinajstić information content (AvgIpc) is 3.44. The standard InChI is InChI=1S/C44H37N5O2/c1-28-16-18-45-39(20-28)30-8-6-10-33(22-30)50-35-12-14-37-38-15-13-36(51-34-11-7-9-31(23-34)40-21-29(2)17-19-46-40)25-42(38)49(41(37)24-35)43-47-26-32(27-48-43)44(3,4)5/h6-27H,1-5H3. The van der Waals surface area contributed by atoms with Crippen molar-refractivity contribution in [2.75, 3.05) is 0 Å². The molecule has 51 heavy (non-hydrogen) atoms. The quantitative estimate of drug-likeness (QED) is 0.168. The predicted molar refractivity (Wildman–Crippen MR) is 204 cm³/mol. The molecular formula is C44H37N5O2. The Morgan fingerprint density at radius 3 is 1.43 bits per heavy atom. The van der Waals surface area contributed by atoms with Crippen LogP contribution in [0.15, 0.2) is 134 Å². The van der Waals surface area contributed by atoms with Gasteiger partial charge in [-0.3, -0.25) is 14.5 Å². The van der Waals surface area contributed by atoms with Gasteiger partial charge in [0.1, 0.15) is 23.0 Å². The van der Waals surface area contributed by atoms with E-state index >= 15 is 0 Å². The van der Waals surface area contributed by atoms with Crippen molar-refractivity contribution < 1.29 is 9.47 Å². The van der Waals surface area contributed by atoms with E-state index in [-0.39, 0.29) is 5.41 Å². The van der Waals surface area contributed by atoms with Gasteiger partial charge in [-0.25, -0.2) is 9.97 Å². The molecule has 0 unspecified atom stereocenters. The summed E-state index contributed by atoms with van der Waals surface area (Å²) in [5, 5.41) is 2.11. The maximum Gasteiger partial charge on any atom is 0.234 e. The van der Waals surface area contributed by atoms with Gasteiger partial charge in [0.25, 0.3) is 0 Å². The Morgan fingerprint density at radius 1 is 0.510 bits per heavy atom. The molecule has 0 atom stereocenters. The number of nitrogens with zero attached hydrogens (tertiary/aromatic N) is 5. The zero-order valence-corrected chi connectivity index (χ0v) is 29.3. The minimum absolute atomic E-state index is 0.0770. The van der Waals surface area contributed by atoms with Crippen LogP contribution in [0.3, 0.4) is 0 Å². The zero-order valence-electron chi connectivity index (χ0n) is 29.3. The van der Waals surface area contributed by atoms with Gasteiger partial charge in [0.2, 0.25) is 5.95 Å². The molecule has 0 amide bonds. The fourth-order valence-corrected chi connectivity index (χ4v) is 6.24. The number of aryl methyl sites for hydroxylation is 2. The second-order valence-electron chi connectivity index (χ2n) is 13.9. The van der Waals surface area contributed by atoms with E-state index in [1.54, 1.807) is 0 Å². The molecule has 7 nitrogen and oxygen atoms in total. The second kappa shape index (κ2) is 12.8. The van der Waals surface area contributed by atoms with Crippen molar-refractivity contribution in [1.29, 1.82) is 0 Å². The monoisotopic (exact) mass is 667 g/mol. The van der Waals surface area contributed by atoms with Crippen LogP contribution in [0.5, 0.6) is 23.0 Å². The van der Waals surface area contributed by atoms with E-state index in [2.05, 4.69) is 73.4 Å². The Labute approximate surface area is 297 Å². The molecule has 0 N–H and O–H groups in total. The third-order valence-electron chi connectivity index (χ3n) is 8.98. The van der Waals surface area contributed by atoms with E-state index in [1.165, 1.54) is 0 Å². The second-order valence-corrected chi connectivity index (χ2v) is 13.9. The molecule has 0 aliphatic rings. The van der Waals surface area contributed by atoms with E-state index in [0.717, 1.165) is 72.5 Å². The average molecular weight is 668 g/mol. The van der Waals surface area contributed by atoms with Crippen molar-refractivity contribution in [2.24, 2.45) is 0 Å². The summed E-state index contributed by atoms with van der Waals surface area (Å²) in [5.74, 6) is 3.41. The van der Waals surface area contributed by atoms with Crippen LogP contribution in [0.4, 0.5) is 0 Å². The molecule has 7 heteroatoms. The van der Waals surface area contributed by atoms with Crippen molar-refractivity contribution in [2.45, 2.75) is 40.0 Å². The molecule has 0 saturated carbocycles. The van der Waals surface area contributed by atoms with Gasteiger partial charge in [-0.05, 0) is 109 Å². The minimum atomic E-state index is -0.0770.